The molecule has 0 spiro atoms. The summed E-state index contributed by atoms with van der Waals surface area (Å²) in [6.45, 7) is 7.73. The third-order valence-corrected chi connectivity index (χ3v) is 9.15. The summed E-state index contributed by atoms with van der Waals surface area (Å²) in [5, 5.41) is 4.52. The van der Waals surface area contributed by atoms with Crippen LogP contribution in [0.1, 0.15) is 40.5 Å². The third kappa shape index (κ3) is 3.88. The van der Waals surface area contributed by atoms with E-state index in [1.165, 1.54) is 4.31 Å². The Morgan fingerprint density at radius 3 is 2.43 bits per heavy atom. The lowest BCUT2D eigenvalue weighted by Gasteiger charge is -2.18. The molecule has 9 heteroatoms. The van der Waals surface area contributed by atoms with Crippen LogP contribution in [0.5, 0.6) is 0 Å². The van der Waals surface area contributed by atoms with Gasteiger partial charge in [0, 0.05) is 24.8 Å². The highest BCUT2D eigenvalue weighted by molar-refractivity contribution is 7.91. The first kappa shape index (κ1) is 21.0. The van der Waals surface area contributed by atoms with Crippen LogP contribution in [0.4, 0.5) is 0 Å². The van der Waals surface area contributed by atoms with Gasteiger partial charge in [0.05, 0.1) is 28.1 Å². The Morgan fingerprint density at radius 1 is 1.18 bits per heavy atom. The van der Waals surface area contributed by atoms with E-state index in [-0.39, 0.29) is 29.0 Å². The minimum atomic E-state index is -3.64. The number of sulfone groups is 1. The van der Waals surface area contributed by atoms with Gasteiger partial charge in [0.25, 0.3) is 0 Å². The van der Waals surface area contributed by atoms with E-state index in [1.54, 1.807) is 23.9 Å². The van der Waals surface area contributed by atoms with E-state index in [1.807, 2.05) is 33.8 Å². The van der Waals surface area contributed by atoms with Crippen molar-refractivity contribution in [3.05, 3.63) is 46.3 Å². The van der Waals surface area contributed by atoms with Crippen molar-refractivity contribution in [2.24, 2.45) is 0 Å². The molecule has 0 N–H and O–H groups in total. The van der Waals surface area contributed by atoms with Gasteiger partial charge in [-0.25, -0.2) is 16.8 Å². The van der Waals surface area contributed by atoms with Crippen LogP contribution < -0.4 is 0 Å². The number of benzene rings is 1. The maximum Gasteiger partial charge on any atom is 0.243 e. The zero-order chi connectivity index (χ0) is 20.9. The van der Waals surface area contributed by atoms with Gasteiger partial charge in [-0.05, 0) is 57.4 Å². The lowest BCUT2D eigenvalue weighted by atomic mass is 10.1. The van der Waals surface area contributed by atoms with E-state index in [4.69, 9.17) is 0 Å². The molecule has 1 aromatic heterocycles. The van der Waals surface area contributed by atoms with Gasteiger partial charge in [0.2, 0.25) is 10.0 Å². The van der Waals surface area contributed by atoms with Crippen LogP contribution >= 0.6 is 0 Å². The standard InChI is InChI=1S/C19H27N3O4S2/c1-13-6-7-18(10-14(13)2)28(25,26)21(5)11-19-15(3)20-22(16(19)4)17-8-9-27(23,24)12-17/h6-7,10,17H,8-9,11-12H2,1-5H3/t17-/m1/s1. The Balaban J connectivity index is 1.88. The molecule has 1 fully saturated rings. The number of hydrogen-bond acceptors (Lipinski definition) is 5. The average Bonchev–Trinajstić information content (AvgIpc) is 3.10. The van der Waals surface area contributed by atoms with Crippen LogP contribution in [-0.4, -0.2) is 49.5 Å². The Hall–Kier alpha value is -1.71. The highest BCUT2D eigenvalue weighted by Crippen LogP contribution is 2.28. The molecule has 0 amide bonds. The van der Waals surface area contributed by atoms with Crippen molar-refractivity contribution in [3.8, 4) is 0 Å². The van der Waals surface area contributed by atoms with Crippen LogP contribution in [0.25, 0.3) is 0 Å². The number of aromatic nitrogens is 2. The summed E-state index contributed by atoms with van der Waals surface area (Å²) >= 11 is 0. The summed E-state index contributed by atoms with van der Waals surface area (Å²) < 4.78 is 52.7. The minimum Gasteiger partial charge on any atom is -0.265 e. The second-order valence-electron chi connectivity index (χ2n) is 7.66. The zero-order valence-electron chi connectivity index (χ0n) is 16.9. The SMILES string of the molecule is Cc1ccc(S(=O)(=O)N(C)Cc2c(C)nn([C@@H]3CCS(=O)(=O)C3)c2C)cc1C. The van der Waals surface area contributed by atoms with Crippen molar-refractivity contribution in [3.63, 3.8) is 0 Å². The Bertz CT molecular complexity index is 1120. The highest BCUT2D eigenvalue weighted by Gasteiger charge is 2.32. The van der Waals surface area contributed by atoms with Gasteiger partial charge in [-0.1, -0.05) is 6.07 Å². The van der Waals surface area contributed by atoms with Crippen molar-refractivity contribution >= 4 is 19.9 Å². The molecule has 1 aliphatic rings. The van der Waals surface area contributed by atoms with Crippen LogP contribution in [-0.2, 0) is 26.4 Å². The average molecular weight is 426 g/mol. The van der Waals surface area contributed by atoms with Gasteiger partial charge in [0.15, 0.2) is 9.84 Å². The second-order valence-corrected chi connectivity index (χ2v) is 11.9. The van der Waals surface area contributed by atoms with E-state index < -0.39 is 19.9 Å². The number of rotatable bonds is 5. The van der Waals surface area contributed by atoms with Gasteiger partial charge in [0.1, 0.15) is 0 Å². The Kier molecular flexibility index (Phi) is 5.46. The van der Waals surface area contributed by atoms with Gasteiger partial charge in [-0.15, -0.1) is 0 Å². The summed E-state index contributed by atoms with van der Waals surface area (Å²) in [4.78, 5) is 0.266. The van der Waals surface area contributed by atoms with Crippen molar-refractivity contribution in [1.82, 2.24) is 14.1 Å². The van der Waals surface area contributed by atoms with Crippen LogP contribution in [0.2, 0.25) is 0 Å². The lowest BCUT2D eigenvalue weighted by molar-refractivity contribution is 0.461. The summed E-state index contributed by atoms with van der Waals surface area (Å²) in [5.41, 5.74) is 4.34. The fourth-order valence-electron chi connectivity index (χ4n) is 3.61. The van der Waals surface area contributed by atoms with Crippen LogP contribution in [0.15, 0.2) is 23.1 Å². The van der Waals surface area contributed by atoms with Crippen molar-refractivity contribution in [1.29, 1.82) is 0 Å². The predicted molar refractivity (Wildman–Crippen MR) is 109 cm³/mol. The van der Waals surface area contributed by atoms with E-state index in [2.05, 4.69) is 5.10 Å². The maximum atomic E-state index is 13.0. The smallest absolute Gasteiger partial charge is 0.243 e. The predicted octanol–water partition coefficient (Wildman–Crippen LogP) is 2.30. The Labute approximate surface area is 167 Å². The van der Waals surface area contributed by atoms with E-state index in [0.29, 0.717) is 6.42 Å². The normalized spacial score (nSPS) is 19.4. The topological polar surface area (TPSA) is 89.3 Å². The van der Waals surface area contributed by atoms with E-state index in [9.17, 15) is 16.8 Å². The van der Waals surface area contributed by atoms with Gasteiger partial charge >= 0.3 is 0 Å². The second kappa shape index (κ2) is 7.27. The zero-order valence-corrected chi connectivity index (χ0v) is 18.6. The molecule has 0 saturated carbocycles. The molecule has 0 unspecified atom stereocenters. The number of hydrogen-bond donors (Lipinski definition) is 0. The first-order valence-electron chi connectivity index (χ1n) is 9.21. The molecule has 28 heavy (non-hydrogen) atoms. The minimum absolute atomic E-state index is 0.0885. The Morgan fingerprint density at radius 2 is 1.86 bits per heavy atom. The molecule has 0 radical (unpaired) electrons. The van der Waals surface area contributed by atoms with Gasteiger partial charge < -0.3 is 0 Å². The molecule has 3 rings (SSSR count). The number of aryl methyl sites for hydroxylation is 3. The molecule has 2 aromatic rings. The van der Waals surface area contributed by atoms with E-state index >= 15 is 0 Å². The summed E-state index contributed by atoms with van der Waals surface area (Å²) in [6, 6.07) is 4.94. The van der Waals surface area contributed by atoms with Gasteiger partial charge in [-0.2, -0.15) is 9.40 Å². The maximum absolute atomic E-state index is 13.0. The van der Waals surface area contributed by atoms with Gasteiger partial charge in [-0.3, -0.25) is 4.68 Å². The molecular formula is C19H27N3O4S2. The summed E-state index contributed by atoms with van der Waals surface area (Å²) in [5.74, 6) is 0.261. The molecule has 1 aromatic carbocycles. The van der Waals surface area contributed by atoms with Crippen LogP contribution in [0, 0.1) is 27.7 Å². The summed E-state index contributed by atoms with van der Waals surface area (Å²) in [6.07, 6.45) is 0.542. The fourth-order valence-corrected chi connectivity index (χ4v) is 6.53. The molecule has 1 saturated heterocycles. The fraction of sp³-hybridized carbons (Fsp3) is 0.526. The first-order valence-corrected chi connectivity index (χ1v) is 12.5. The summed E-state index contributed by atoms with van der Waals surface area (Å²) in [7, 11) is -5.10. The van der Waals surface area contributed by atoms with Crippen LogP contribution in [0.3, 0.4) is 0 Å². The third-order valence-electron chi connectivity index (χ3n) is 5.60. The number of nitrogens with zero attached hydrogens (tertiary/aromatic N) is 3. The monoisotopic (exact) mass is 425 g/mol. The molecule has 7 nitrogen and oxygen atoms in total. The van der Waals surface area contributed by atoms with E-state index in [0.717, 1.165) is 28.1 Å². The molecule has 0 aliphatic carbocycles. The lowest BCUT2D eigenvalue weighted by Crippen LogP contribution is -2.27. The molecule has 1 atom stereocenters. The molecule has 154 valence electrons. The molecule has 2 heterocycles. The first-order chi connectivity index (χ1) is 12.9. The highest BCUT2D eigenvalue weighted by atomic mass is 32.2. The number of sulfonamides is 1. The van der Waals surface area contributed by atoms with Crippen molar-refractivity contribution in [2.45, 2.75) is 51.6 Å². The molecular weight excluding hydrogens is 398 g/mol. The van der Waals surface area contributed by atoms with Crippen molar-refractivity contribution in [2.75, 3.05) is 18.6 Å². The largest absolute Gasteiger partial charge is 0.265 e. The quantitative estimate of drug-likeness (QED) is 0.733. The molecule has 1 aliphatic heterocycles. The van der Waals surface area contributed by atoms with Crippen molar-refractivity contribution < 1.29 is 16.8 Å². The molecule has 0 bridgehead atoms.